The van der Waals surface area contributed by atoms with Crippen LogP contribution in [0.5, 0.6) is 0 Å². The number of halogens is 1. The van der Waals surface area contributed by atoms with Gasteiger partial charge in [0, 0.05) is 17.9 Å². The molecule has 0 fully saturated rings. The molecule has 1 aliphatic rings. The molecule has 29 heavy (non-hydrogen) atoms. The van der Waals surface area contributed by atoms with Crippen LogP contribution in [-0.4, -0.2) is 36.4 Å². The van der Waals surface area contributed by atoms with Crippen LogP contribution in [0.2, 0.25) is 5.15 Å². The van der Waals surface area contributed by atoms with Crippen LogP contribution in [0, 0.1) is 0 Å². The molecule has 3 rings (SSSR count). The van der Waals surface area contributed by atoms with E-state index in [1.807, 2.05) is 36.4 Å². The number of imidazole rings is 1. The smallest absolute Gasteiger partial charge is 0.355 e. The highest BCUT2D eigenvalue weighted by atomic mass is 35.5. The van der Waals surface area contributed by atoms with Gasteiger partial charge >= 0.3 is 11.9 Å². The zero-order valence-electron chi connectivity index (χ0n) is 16.1. The van der Waals surface area contributed by atoms with Gasteiger partial charge in [-0.15, -0.1) is 11.8 Å². The summed E-state index contributed by atoms with van der Waals surface area (Å²) in [6.07, 6.45) is 7.35. The molecular formula is C21H23ClN2O4S. The summed E-state index contributed by atoms with van der Waals surface area (Å²) in [6.45, 7) is 2.41. The lowest BCUT2D eigenvalue weighted by molar-refractivity contribution is -0.139. The van der Waals surface area contributed by atoms with Crippen molar-refractivity contribution in [1.82, 2.24) is 9.55 Å². The molecule has 0 radical (unpaired) electrons. The number of hydrogen-bond donors (Lipinski definition) is 2. The first kappa shape index (κ1) is 21.5. The van der Waals surface area contributed by atoms with Crippen LogP contribution in [0.15, 0.2) is 41.3 Å². The van der Waals surface area contributed by atoms with Crippen molar-refractivity contribution >= 4 is 35.3 Å². The number of unbranched alkanes of at least 4 members (excludes halogenated alkanes) is 1. The lowest BCUT2D eigenvalue weighted by Gasteiger charge is -2.23. The molecule has 2 N–H and O–H groups in total. The molecule has 0 bridgehead atoms. The van der Waals surface area contributed by atoms with E-state index in [4.69, 9.17) is 11.6 Å². The van der Waals surface area contributed by atoms with Gasteiger partial charge in [-0.05, 0) is 37.0 Å². The van der Waals surface area contributed by atoms with Crippen LogP contribution in [0.3, 0.4) is 0 Å². The van der Waals surface area contributed by atoms with Gasteiger partial charge in [0.2, 0.25) is 0 Å². The molecular weight excluding hydrogens is 412 g/mol. The van der Waals surface area contributed by atoms with Crippen molar-refractivity contribution in [2.75, 3.05) is 0 Å². The second-order valence-electron chi connectivity index (χ2n) is 7.09. The van der Waals surface area contributed by atoms with E-state index >= 15 is 0 Å². The highest BCUT2D eigenvalue weighted by Crippen LogP contribution is 2.42. The van der Waals surface area contributed by atoms with E-state index in [0.29, 0.717) is 31.6 Å². The number of aliphatic carboxylic acids is 1. The highest BCUT2D eigenvalue weighted by Gasteiger charge is 2.40. The number of aromatic nitrogens is 2. The van der Waals surface area contributed by atoms with Crippen LogP contribution < -0.4 is 0 Å². The standard InChI is InChI=1S/C21H23ClN2O4S/c1-2-3-6-16-23-18(22)17(19(25)26)24(16)13-14-7-9-15(10-8-14)29-21(20(27)28)11-4-5-12-21/h4-5,7-10H,2-3,6,11-13H2,1H3,(H,25,26)(H,27,28). The van der Waals surface area contributed by atoms with Gasteiger partial charge in [-0.3, -0.25) is 4.79 Å². The summed E-state index contributed by atoms with van der Waals surface area (Å²) in [7, 11) is 0. The normalized spacial score (nSPS) is 15.0. The molecule has 6 nitrogen and oxygen atoms in total. The Kier molecular flexibility index (Phi) is 6.70. The number of benzene rings is 1. The summed E-state index contributed by atoms with van der Waals surface area (Å²) < 4.78 is 0.811. The molecule has 0 atom stereocenters. The van der Waals surface area contributed by atoms with E-state index in [0.717, 1.165) is 23.3 Å². The molecule has 1 aromatic carbocycles. The minimum absolute atomic E-state index is 0.00178. The predicted octanol–water partition coefficient (Wildman–Crippen LogP) is 4.89. The molecule has 1 heterocycles. The van der Waals surface area contributed by atoms with E-state index in [2.05, 4.69) is 11.9 Å². The van der Waals surface area contributed by atoms with E-state index < -0.39 is 16.7 Å². The van der Waals surface area contributed by atoms with Crippen LogP contribution >= 0.6 is 23.4 Å². The van der Waals surface area contributed by atoms with Gasteiger partial charge < -0.3 is 14.8 Å². The van der Waals surface area contributed by atoms with Gasteiger partial charge in [0.1, 0.15) is 10.6 Å². The van der Waals surface area contributed by atoms with Crippen molar-refractivity contribution < 1.29 is 19.8 Å². The number of hydrogen-bond acceptors (Lipinski definition) is 4. The number of nitrogens with zero attached hydrogens (tertiary/aromatic N) is 2. The molecule has 0 aliphatic heterocycles. The van der Waals surface area contributed by atoms with Gasteiger partial charge in [-0.25, -0.2) is 9.78 Å². The molecule has 2 aromatic rings. The van der Waals surface area contributed by atoms with Crippen LogP contribution in [-0.2, 0) is 17.8 Å². The van der Waals surface area contributed by atoms with Crippen molar-refractivity contribution in [2.24, 2.45) is 0 Å². The zero-order valence-corrected chi connectivity index (χ0v) is 17.7. The Balaban J connectivity index is 1.81. The maximum atomic E-state index is 11.7. The second-order valence-corrected chi connectivity index (χ2v) is 8.90. The van der Waals surface area contributed by atoms with E-state index in [-0.39, 0.29) is 10.8 Å². The fourth-order valence-corrected chi connectivity index (χ4v) is 4.82. The molecule has 0 saturated carbocycles. The Bertz CT molecular complexity index is 929. The minimum atomic E-state index is -1.10. The Morgan fingerprint density at radius 1 is 1.21 bits per heavy atom. The Labute approximate surface area is 178 Å². The third kappa shape index (κ3) is 4.67. The fraction of sp³-hybridized carbons (Fsp3) is 0.381. The molecule has 0 spiro atoms. The summed E-state index contributed by atoms with van der Waals surface area (Å²) >= 11 is 7.43. The zero-order chi connectivity index (χ0) is 21.0. The average molecular weight is 435 g/mol. The first-order chi connectivity index (χ1) is 13.9. The number of thioether (sulfide) groups is 1. The van der Waals surface area contributed by atoms with Gasteiger partial charge in [-0.2, -0.15) is 0 Å². The summed E-state index contributed by atoms with van der Waals surface area (Å²) in [4.78, 5) is 28.5. The number of carboxylic acids is 2. The lowest BCUT2D eigenvalue weighted by atomic mass is 10.1. The number of carboxylic acid groups (broad SMARTS) is 2. The van der Waals surface area contributed by atoms with Crippen molar-refractivity contribution in [3.05, 3.63) is 58.7 Å². The topological polar surface area (TPSA) is 92.4 Å². The molecule has 0 amide bonds. The highest BCUT2D eigenvalue weighted by molar-refractivity contribution is 8.01. The van der Waals surface area contributed by atoms with Crippen molar-refractivity contribution in [3.63, 3.8) is 0 Å². The van der Waals surface area contributed by atoms with Crippen molar-refractivity contribution in [2.45, 2.75) is 55.2 Å². The average Bonchev–Trinajstić information content (AvgIpc) is 3.27. The lowest BCUT2D eigenvalue weighted by Crippen LogP contribution is -2.31. The van der Waals surface area contributed by atoms with Crippen LogP contribution in [0.4, 0.5) is 0 Å². The SMILES string of the molecule is CCCCc1nc(Cl)c(C(=O)O)n1Cc1ccc(SC2(C(=O)O)CC=CC2)cc1. The molecule has 1 aliphatic carbocycles. The first-order valence-corrected chi connectivity index (χ1v) is 10.7. The molecule has 154 valence electrons. The Morgan fingerprint density at radius 2 is 1.86 bits per heavy atom. The number of carbonyl (C=O) groups is 2. The monoisotopic (exact) mass is 434 g/mol. The molecule has 1 aromatic heterocycles. The summed E-state index contributed by atoms with van der Waals surface area (Å²) in [6, 6.07) is 7.55. The van der Waals surface area contributed by atoms with Gasteiger partial charge in [0.15, 0.2) is 10.8 Å². The van der Waals surface area contributed by atoms with E-state index in [9.17, 15) is 19.8 Å². The third-order valence-corrected chi connectivity index (χ3v) is 6.66. The van der Waals surface area contributed by atoms with Crippen molar-refractivity contribution in [1.29, 1.82) is 0 Å². The van der Waals surface area contributed by atoms with Crippen molar-refractivity contribution in [3.8, 4) is 0 Å². The third-order valence-electron chi connectivity index (χ3n) is 4.99. The first-order valence-electron chi connectivity index (χ1n) is 9.51. The quantitative estimate of drug-likeness (QED) is 0.546. The summed E-state index contributed by atoms with van der Waals surface area (Å²) in [5.74, 6) is -1.25. The molecule has 0 saturated heterocycles. The Hall–Kier alpha value is -2.25. The minimum Gasteiger partial charge on any atom is -0.480 e. The Morgan fingerprint density at radius 3 is 2.41 bits per heavy atom. The maximum Gasteiger partial charge on any atom is 0.355 e. The van der Waals surface area contributed by atoms with Crippen LogP contribution in [0.25, 0.3) is 0 Å². The largest absolute Gasteiger partial charge is 0.480 e. The summed E-state index contributed by atoms with van der Waals surface area (Å²) in [5.41, 5.74) is 0.899. The second kappa shape index (κ2) is 9.05. The van der Waals surface area contributed by atoms with Gasteiger partial charge in [0.25, 0.3) is 0 Å². The molecule has 0 unspecified atom stereocenters. The van der Waals surface area contributed by atoms with E-state index in [1.165, 1.54) is 11.8 Å². The van der Waals surface area contributed by atoms with Crippen LogP contribution in [0.1, 0.15) is 54.5 Å². The molecule has 8 heteroatoms. The number of allylic oxidation sites excluding steroid dienone is 2. The maximum absolute atomic E-state index is 11.7. The predicted molar refractivity (Wildman–Crippen MR) is 113 cm³/mol. The van der Waals surface area contributed by atoms with Gasteiger partial charge in [0.05, 0.1) is 0 Å². The number of aryl methyl sites for hydroxylation is 1. The van der Waals surface area contributed by atoms with E-state index in [1.54, 1.807) is 4.57 Å². The number of aromatic carboxylic acids is 1. The fourth-order valence-electron chi connectivity index (χ4n) is 3.37. The summed E-state index contributed by atoms with van der Waals surface area (Å²) in [5, 5.41) is 19.2. The van der Waals surface area contributed by atoms with Gasteiger partial charge in [-0.1, -0.05) is 49.2 Å². The number of rotatable bonds is 9.